The van der Waals surface area contributed by atoms with Crippen LogP contribution < -0.4 is 5.32 Å². The normalized spacial score (nSPS) is 20.9. The minimum absolute atomic E-state index is 0.0539. The molecule has 3 N–H and O–H groups in total. The number of benzene rings is 2. The summed E-state index contributed by atoms with van der Waals surface area (Å²) in [6.45, 7) is 5.91. The molecule has 3 aromatic rings. The Balaban J connectivity index is 1.54. The van der Waals surface area contributed by atoms with Gasteiger partial charge in [-0.2, -0.15) is 0 Å². The van der Waals surface area contributed by atoms with Crippen molar-refractivity contribution in [2.75, 3.05) is 25.0 Å². The van der Waals surface area contributed by atoms with Crippen LogP contribution in [0.1, 0.15) is 50.4 Å². The molecule has 1 atom stereocenters. The van der Waals surface area contributed by atoms with Crippen molar-refractivity contribution in [2.24, 2.45) is 12.5 Å². The van der Waals surface area contributed by atoms with Crippen LogP contribution in [0.3, 0.4) is 0 Å². The van der Waals surface area contributed by atoms with E-state index < -0.39 is 34.4 Å². The largest absolute Gasteiger partial charge is 0.465 e. The maximum Gasteiger partial charge on any atom is 0.407 e. The third kappa shape index (κ3) is 4.33. The van der Waals surface area contributed by atoms with Crippen molar-refractivity contribution in [1.29, 1.82) is 0 Å². The highest BCUT2D eigenvalue weighted by Gasteiger charge is 2.67. The Morgan fingerprint density at radius 1 is 1.20 bits per heavy atom. The predicted molar refractivity (Wildman–Crippen MR) is 155 cm³/mol. The van der Waals surface area contributed by atoms with Crippen LogP contribution in [0.2, 0.25) is 5.02 Å². The van der Waals surface area contributed by atoms with Gasteiger partial charge in [0.05, 0.1) is 52.4 Å². The molecule has 12 heteroatoms. The van der Waals surface area contributed by atoms with Crippen LogP contribution in [-0.2, 0) is 7.05 Å². The lowest BCUT2D eigenvalue weighted by atomic mass is 9.56. The summed E-state index contributed by atoms with van der Waals surface area (Å²) < 4.78 is 18.3. The Hall–Kier alpha value is -2.89. The second-order valence-electron chi connectivity index (χ2n) is 11.8. The second-order valence-corrected chi connectivity index (χ2v) is 13.1. The number of aliphatic hydroxyl groups is 1. The molecule has 0 unspecified atom stereocenters. The van der Waals surface area contributed by atoms with Crippen LogP contribution in [0.15, 0.2) is 35.1 Å². The lowest BCUT2D eigenvalue weighted by Crippen LogP contribution is -2.82. The van der Waals surface area contributed by atoms with Crippen molar-refractivity contribution < 1.29 is 24.2 Å². The molecule has 0 bridgehead atoms. The lowest BCUT2D eigenvalue weighted by molar-refractivity contribution is -0.217. The number of carbonyl (C=O) groups is 2. The summed E-state index contributed by atoms with van der Waals surface area (Å²) in [5.41, 5.74) is -2.27. The van der Waals surface area contributed by atoms with Gasteiger partial charge in [-0.25, -0.2) is 14.2 Å². The average Bonchev–Trinajstić information content (AvgIpc) is 3.24. The lowest BCUT2D eigenvalue weighted by Gasteiger charge is -2.66. The van der Waals surface area contributed by atoms with E-state index in [9.17, 15) is 19.8 Å². The summed E-state index contributed by atoms with van der Waals surface area (Å²) in [4.78, 5) is 33.3. The van der Waals surface area contributed by atoms with E-state index in [-0.39, 0.29) is 29.9 Å². The number of fused-ring (bicyclic) bond motifs is 1. The number of hydrogen-bond donors (Lipinski definition) is 3. The predicted octanol–water partition coefficient (Wildman–Crippen LogP) is 6.01. The van der Waals surface area contributed by atoms with Gasteiger partial charge >= 0.3 is 6.09 Å². The monoisotopic (exact) mass is 635 g/mol. The highest BCUT2D eigenvalue weighted by molar-refractivity contribution is 9.10. The van der Waals surface area contributed by atoms with E-state index in [0.29, 0.717) is 35.6 Å². The second kappa shape index (κ2) is 9.88. The first kappa shape index (κ1) is 28.6. The topological polar surface area (TPSA) is 111 Å². The number of anilines is 2. The Morgan fingerprint density at radius 3 is 2.52 bits per heavy atom. The zero-order valence-corrected chi connectivity index (χ0v) is 25.1. The molecule has 9 nitrogen and oxygen atoms in total. The molecule has 2 fully saturated rings. The molecular formula is C28H32BrClFN5O4. The molecule has 0 aliphatic carbocycles. The highest BCUT2D eigenvalue weighted by atomic mass is 79.9. The fourth-order valence-electron chi connectivity index (χ4n) is 6.60. The van der Waals surface area contributed by atoms with Crippen LogP contribution in [0.5, 0.6) is 0 Å². The minimum Gasteiger partial charge on any atom is -0.465 e. The number of piperidine rings is 1. The van der Waals surface area contributed by atoms with E-state index in [1.807, 2.05) is 20.8 Å². The number of hydrogen-bond acceptors (Lipinski definition) is 5. The van der Waals surface area contributed by atoms with Crippen LogP contribution in [0.4, 0.5) is 20.6 Å². The molecule has 3 heterocycles. The molecule has 5 rings (SSSR count). The summed E-state index contributed by atoms with van der Waals surface area (Å²) in [6, 6.07) is 6.64. The molecule has 40 heavy (non-hydrogen) atoms. The SMILES string of the molecule is Cn1cnc2c(F)c(Nc3ccc(Br)cc3Cl)c(C(=O)N3CC(O)([C@@]4(C(C)(C)C)CCCCN4C(=O)O)C3)cc21. The maximum atomic E-state index is 15.9. The van der Waals surface area contributed by atoms with E-state index in [2.05, 4.69) is 26.2 Å². The first-order valence-electron chi connectivity index (χ1n) is 13.1. The Labute approximate surface area is 245 Å². The Bertz CT molecular complexity index is 1520. The van der Waals surface area contributed by atoms with Gasteiger partial charge in [-0.3, -0.25) is 9.69 Å². The Kier molecular flexibility index (Phi) is 7.07. The first-order chi connectivity index (χ1) is 18.7. The fraction of sp³-hybridized carbons (Fsp3) is 0.464. The summed E-state index contributed by atoms with van der Waals surface area (Å²) in [5.74, 6) is -1.20. The maximum absolute atomic E-state index is 15.9. The number of imidazole rings is 1. The minimum atomic E-state index is -1.47. The molecule has 0 spiro atoms. The summed E-state index contributed by atoms with van der Waals surface area (Å²) in [5, 5.41) is 25.4. The molecule has 214 valence electrons. The van der Waals surface area contributed by atoms with Gasteiger partial charge in [0, 0.05) is 18.1 Å². The number of carboxylic acid groups (broad SMARTS) is 1. The van der Waals surface area contributed by atoms with Crippen molar-refractivity contribution in [2.45, 2.75) is 51.2 Å². The van der Waals surface area contributed by atoms with Gasteiger partial charge in [-0.05, 0) is 48.9 Å². The van der Waals surface area contributed by atoms with Gasteiger partial charge in [0.15, 0.2) is 5.82 Å². The first-order valence-corrected chi connectivity index (χ1v) is 14.2. The number of aryl methyl sites for hydroxylation is 1. The number of rotatable bonds is 4. The van der Waals surface area contributed by atoms with Crippen LogP contribution >= 0.6 is 27.5 Å². The molecule has 2 saturated heterocycles. The number of halogens is 3. The number of likely N-dealkylation sites (tertiary alicyclic amines) is 2. The zero-order chi connectivity index (χ0) is 29.2. The van der Waals surface area contributed by atoms with E-state index in [0.717, 1.165) is 10.9 Å². The summed E-state index contributed by atoms with van der Waals surface area (Å²) >= 11 is 9.75. The summed E-state index contributed by atoms with van der Waals surface area (Å²) in [7, 11) is 1.71. The standard InChI is InChI=1S/C28H32BrClFN5O4/c1-26(2,3)28(9-5-6-10-36(28)25(38)39)27(40)13-35(14-27)24(37)17-12-20-23(32-15-34(20)4)21(31)22(17)33-19-8-7-16(29)11-18(19)30/h7-8,11-12,15,33,40H,5-6,9-10,13-14H2,1-4H3,(H,38,39)/t28-/m0/s1. The van der Waals surface area contributed by atoms with Crippen molar-refractivity contribution in [3.8, 4) is 0 Å². The molecule has 2 aromatic carbocycles. The van der Waals surface area contributed by atoms with E-state index >= 15 is 4.39 Å². The fourth-order valence-corrected chi connectivity index (χ4v) is 7.32. The number of nitrogens with one attached hydrogen (secondary N) is 1. The molecule has 0 saturated carbocycles. The molecular weight excluding hydrogens is 605 g/mol. The number of carbonyl (C=O) groups excluding carboxylic acids is 1. The van der Waals surface area contributed by atoms with Crippen LogP contribution in [-0.4, -0.2) is 72.3 Å². The van der Waals surface area contributed by atoms with Crippen molar-refractivity contribution >= 4 is 61.9 Å². The van der Waals surface area contributed by atoms with Crippen molar-refractivity contribution in [3.63, 3.8) is 0 Å². The highest BCUT2D eigenvalue weighted by Crippen LogP contribution is 2.53. The van der Waals surface area contributed by atoms with Gasteiger partial charge < -0.3 is 25.0 Å². The van der Waals surface area contributed by atoms with Gasteiger partial charge in [0.25, 0.3) is 5.91 Å². The molecule has 2 amide bonds. The van der Waals surface area contributed by atoms with E-state index in [1.165, 1.54) is 16.1 Å². The van der Waals surface area contributed by atoms with Crippen molar-refractivity contribution in [1.82, 2.24) is 19.4 Å². The van der Waals surface area contributed by atoms with Crippen molar-refractivity contribution in [3.05, 3.63) is 51.5 Å². The Morgan fingerprint density at radius 2 is 1.90 bits per heavy atom. The smallest absolute Gasteiger partial charge is 0.407 e. The van der Waals surface area contributed by atoms with E-state index in [1.54, 1.807) is 35.9 Å². The van der Waals surface area contributed by atoms with E-state index in [4.69, 9.17) is 11.6 Å². The molecule has 0 radical (unpaired) electrons. The zero-order valence-electron chi connectivity index (χ0n) is 22.8. The number of amides is 2. The third-order valence-electron chi connectivity index (χ3n) is 8.45. The van der Waals surface area contributed by atoms with Gasteiger partial charge in [0.1, 0.15) is 11.1 Å². The van der Waals surface area contributed by atoms with Crippen LogP contribution in [0, 0.1) is 11.2 Å². The number of aromatic nitrogens is 2. The van der Waals surface area contributed by atoms with Gasteiger partial charge in [-0.1, -0.05) is 48.3 Å². The molecule has 2 aliphatic heterocycles. The quantitative estimate of drug-likeness (QED) is 0.324. The molecule has 2 aliphatic rings. The van der Waals surface area contributed by atoms with Gasteiger partial charge in [0.2, 0.25) is 0 Å². The molecule has 1 aromatic heterocycles. The van der Waals surface area contributed by atoms with Gasteiger partial charge in [-0.15, -0.1) is 0 Å². The number of nitrogens with zero attached hydrogens (tertiary/aromatic N) is 4. The summed E-state index contributed by atoms with van der Waals surface area (Å²) in [6.07, 6.45) is 2.33. The third-order valence-corrected chi connectivity index (χ3v) is 9.25. The average molecular weight is 637 g/mol. The number of β-amino-alcohol motifs (C(OH)–C–C–N with tert-alkyl or cyclic N) is 1. The van der Waals surface area contributed by atoms with Crippen LogP contribution in [0.25, 0.3) is 11.0 Å².